The van der Waals surface area contributed by atoms with Gasteiger partial charge in [-0.1, -0.05) is 150 Å². The number of hydrogen-bond donors (Lipinski definition) is 0. The molecule has 65 heavy (non-hydrogen) atoms. The molecule has 4 aromatic carbocycles. The SMILES string of the molecule is CC(C)(C)c1ccc2c(c1)-c1nc-2nc2[n-]c(nc3nc(nc4[n-]c(n1)c1ccc(C(C)(C)C)cc41)-c1cc(C(C)(C)C)ccc1-3)c1cc(C#C[Si](C)(C)C)c(C#C[Si](C)(C)C)cc21.[Zn+2]. The Bertz CT molecular complexity index is 3430. The van der Waals surface area contributed by atoms with Crippen molar-refractivity contribution in [2.24, 2.45) is 0 Å². The van der Waals surface area contributed by atoms with Crippen LogP contribution in [-0.2, 0) is 35.7 Å². The van der Waals surface area contributed by atoms with Crippen molar-refractivity contribution < 1.29 is 19.5 Å². The quantitative estimate of drug-likeness (QED) is 0.109. The summed E-state index contributed by atoms with van der Waals surface area (Å²) in [5, 5.41) is 3.43. The Morgan fingerprint density at radius 2 is 0.708 bits per heavy atom. The van der Waals surface area contributed by atoms with Crippen LogP contribution in [0, 0.1) is 22.9 Å². The minimum absolute atomic E-state index is 0. The van der Waals surface area contributed by atoms with Gasteiger partial charge in [-0.25, -0.2) is 9.97 Å². The topological polar surface area (TPSA) is 106 Å². The summed E-state index contributed by atoms with van der Waals surface area (Å²) in [7, 11) is -3.50. The largest absolute Gasteiger partial charge is 2.00 e. The van der Waals surface area contributed by atoms with Crippen LogP contribution in [0.5, 0.6) is 0 Å². The van der Waals surface area contributed by atoms with Crippen LogP contribution < -0.4 is 9.97 Å². The van der Waals surface area contributed by atoms with E-state index in [9.17, 15) is 0 Å². The molecule has 0 aliphatic carbocycles. The molecule has 8 nitrogen and oxygen atoms in total. The molecule has 2 aliphatic rings. The molecule has 0 N–H and O–H groups in total. The van der Waals surface area contributed by atoms with Crippen molar-refractivity contribution in [1.82, 2.24) is 39.9 Å². The first-order valence-corrected chi connectivity index (χ1v) is 29.2. The van der Waals surface area contributed by atoms with Gasteiger partial charge in [0, 0.05) is 56.0 Å². The van der Waals surface area contributed by atoms with E-state index in [1.807, 2.05) is 0 Å². The molecule has 9 rings (SSSR count). The molecule has 0 spiro atoms. The fourth-order valence-corrected chi connectivity index (χ4v) is 8.84. The summed E-state index contributed by atoms with van der Waals surface area (Å²) in [6.45, 7) is 33.5. The van der Waals surface area contributed by atoms with Crippen LogP contribution >= 0.6 is 0 Å². The predicted molar refractivity (Wildman–Crippen MR) is 271 cm³/mol. The summed E-state index contributed by atoms with van der Waals surface area (Å²) in [6.07, 6.45) is 0. The van der Waals surface area contributed by atoms with Crippen LogP contribution in [-0.4, -0.2) is 46.1 Å². The first kappa shape index (κ1) is 46.0. The van der Waals surface area contributed by atoms with Crippen LogP contribution in [0.2, 0.25) is 39.3 Å². The van der Waals surface area contributed by atoms with Crippen LogP contribution in [0.4, 0.5) is 0 Å². The molecule has 322 valence electrons. The molecule has 0 saturated heterocycles. The van der Waals surface area contributed by atoms with Crippen molar-refractivity contribution in [2.75, 3.05) is 0 Å². The Morgan fingerprint density at radius 1 is 0.385 bits per heavy atom. The molecule has 0 unspecified atom stereocenters. The van der Waals surface area contributed by atoms with Gasteiger partial charge >= 0.3 is 19.5 Å². The van der Waals surface area contributed by atoms with E-state index in [1.54, 1.807) is 0 Å². The molecule has 2 aliphatic heterocycles. The third-order valence-corrected chi connectivity index (χ3v) is 13.3. The standard InChI is InChI=1S/C54H56N8Si2.Zn/c1-52(2,3)33-16-19-36-41(28-33)49-57-44(36)55-47-39-26-31(22-24-63(10,11)12)32(23-25-64(13,14)15)27-40(39)48(61-47)56-45-37-20-17-34(53(4,5)6)29-42(37)50(59-45)62-51-43-30-35(54(7,8)9)18-21-38(43)46(58-49)60-51;/h16-21,26-30H,1-15H3;/q-2;+2. The summed E-state index contributed by atoms with van der Waals surface area (Å²) in [4.78, 5) is 42.1. The van der Waals surface area contributed by atoms with E-state index in [2.05, 4.69) is 191 Å². The van der Waals surface area contributed by atoms with Crippen LogP contribution in [0.25, 0.3) is 89.7 Å². The number of hydrogen-bond acceptors (Lipinski definition) is 6. The van der Waals surface area contributed by atoms with Gasteiger partial charge in [0.15, 0.2) is 0 Å². The third kappa shape index (κ3) is 9.04. The van der Waals surface area contributed by atoms with E-state index in [4.69, 9.17) is 39.9 Å². The van der Waals surface area contributed by atoms with Crippen molar-refractivity contribution in [3.05, 3.63) is 94.5 Å². The summed E-state index contributed by atoms with van der Waals surface area (Å²) in [5.74, 6) is 9.23. The monoisotopic (exact) mass is 936 g/mol. The molecular formula is C54H56N8Si2Zn. The van der Waals surface area contributed by atoms with Gasteiger partial charge in [-0.2, -0.15) is 0 Å². The van der Waals surface area contributed by atoms with Gasteiger partial charge in [-0.3, -0.25) is 0 Å². The van der Waals surface area contributed by atoms with Gasteiger partial charge < -0.3 is 29.9 Å². The summed E-state index contributed by atoms with van der Waals surface area (Å²) in [5.41, 5.74) is 17.7. The minimum Gasteiger partial charge on any atom is -0.357 e. The average Bonchev–Trinajstić information content (AvgIpc) is 3.92. The third-order valence-electron chi connectivity index (χ3n) is 11.6. The van der Waals surface area contributed by atoms with Gasteiger partial charge in [-0.05, 0) is 84.8 Å². The number of benzene rings is 4. The molecule has 0 amide bonds. The molecule has 3 aromatic heterocycles. The van der Waals surface area contributed by atoms with Crippen molar-refractivity contribution >= 4 is 60.3 Å². The first-order valence-electron chi connectivity index (χ1n) is 22.2. The fraction of sp³-hybridized carbons (Fsp3) is 0.333. The maximum atomic E-state index is 5.33. The molecule has 0 saturated carbocycles. The Morgan fingerprint density at radius 3 is 1.08 bits per heavy atom. The van der Waals surface area contributed by atoms with E-state index in [0.29, 0.717) is 45.9 Å². The second-order valence-electron chi connectivity index (χ2n) is 22.5. The zero-order chi connectivity index (χ0) is 45.9. The van der Waals surface area contributed by atoms with Crippen molar-refractivity contribution in [3.8, 4) is 68.5 Å². The molecule has 11 heteroatoms. The molecule has 0 atom stereocenters. The molecule has 0 fully saturated rings. The molecule has 0 radical (unpaired) electrons. The number of nitrogens with zero attached hydrogens (tertiary/aromatic N) is 8. The Balaban J connectivity index is 0.00000576. The van der Waals surface area contributed by atoms with Gasteiger partial charge in [0.25, 0.3) is 0 Å². The smallest absolute Gasteiger partial charge is 0.357 e. The van der Waals surface area contributed by atoms with Gasteiger partial charge in [0.2, 0.25) is 0 Å². The molecular weight excluding hydrogens is 882 g/mol. The predicted octanol–water partition coefficient (Wildman–Crippen LogP) is 12.5. The van der Waals surface area contributed by atoms with Gasteiger partial charge in [0.1, 0.15) is 16.1 Å². The molecule has 7 aromatic rings. The Kier molecular flexibility index (Phi) is 11.2. The van der Waals surface area contributed by atoms with E-state index < -0.39 is 16.1 Å². The van der Waals surface area contributed by atoms with E-state index >= 15 is 0 Å². The maximum Gasteiger partial charge on any atom is 2.00 e. The van der Waals surface area contributed by atoms with E-state index in [1.165, 1.54) is 16.7 Å². The zero-order valence-electron chi connectivity index (χ0n) is 40.6. The van der Waals surface area contributed by atoms with Crippen molar-refractivity contribution in [2.45, 2.75) is 118 Å². The van der Waals surface area contributed by atoms with Crippen LogP contribution in [0.1, 0.15) is 90.1 Å². The summed E-state index contributed by atoms with van der Waals surface area (Å²) < 4.78 is 0. The number of fused-ring (bicyclic) bond motifs is 20. The normalized spacial score (nSPS) is 12.8. The van der Waals surface area contributed by atoms with Crippen LogP contribution in [0.3, 0.4) is 0 Å². The summed E-state index contributed by atoms with van der Waals surface area (Å²) in [6, 6.07) is 23.6. The summed E-state index contributed by atoms with van der Waals surface area (Å²) >= 11 is 0. The Hall–Kier alpha value is -5.58. The van der Waals surface area contributed by atoms with Gasteiger partial charge in [-0.15, -0.1) is 11.1 Å². The van der Waals surface area contributed by atoms with Gasteiger partial charge in [0.05, 0.1) is 23.3 Å². The van der Waals surface area contributed by atoms with Crippen LogP contribution in [0.15, 0.2) is 66.7 Å². The second-order valence-corrected chi connectivity index (χ2v) is 32.0. The molecule has 5 heterocycles. The Labute approximate surface area is 398 Å². The number of rotatable bonds is 0. The second kappa shape index (κ2) is 15.8. The average molecular weight is 939 g/mol. The zero-order valence-corrected chi connectivity index (χ0v) is 45.6. The van der Waals surface area contributed by atoms with Crippen molar-refractivity contribution in [1.29, 1.82) is 0 Å². The minimum atomic E-state index is -1.75. The first-order chi connectivity index (χ1) is 29.8. The fourth-order valence-electron chi connectivity index (χ4n) is 7.82. The van der Waals surface area contributed by atoms with Crippen molar-refractivity contribution in [3.63, 3.8) is 0 Å². The molecule has 8 bridgehead atoms. The van der Waals surface area contributed by atoms with E-state index in [0.717, 1.165) is 54.9 Å². The van der Waals surface area contributed by atoms with E-state index in [-0.39, 0.29) is 35.7 Å². The maximum absolute atomic E-state index is 5.33. The number of aromatic nitrogens is 8.